The second-order valence-electron chi connectivity index (χ2n) is 4.02. The molecule has 0 radical (unpaired) electrons. The van der Waals surface area contributed by atoms with Crippen molar-refractivity contribution in [2.24, 2.45) is 7.05 Å². The van der Waals surface area contributed by atoms with Crippen molar-refractivity contribution in [1.29, 1.82) is 0 Å². The van der Waals surface area contributed by atoms with Gasteiger partial charge in [-0.2, -0.15) is 5.10 Å². The van der Waals surface area contributed by atoms with E-state index < -0.39 is 0 Å². The molecule has 15 heavy (non-hydrogen) atoms. The van der Waals surface area contributed by atoms with E-state index in [0.717, 1.165) is 5.69 Å². The Hall–Kier alpha value is -1.16. The third-order valence-corrected chi connectivity index (χ3v) is 3.78. The van der Waals surface area contributed by atoms with Gasteiger partial charge in [0.1, 0.15) is 0 Å². The second-order valence-corrected chi connectivity index (χ2v) is 5.05. The Bertz CT molecular complexity index is 468. The molecule has 4 heteroatoms. The van der Waals surface area contributed by atoms with Gasteiger partial charge in [-0.1, -0.05) is 13.8 Å². The second kappa shape index (κ2) is 3.77. The molecule has 0 aromatic carbocycles. The third-order valence-electron chi connectivity index (χ3n) is 2.27. The third kappa shape index (κ3) is 1.95. The number of hydrogen-bond donors (Lipinski definition) is 0. The normalized spacial score (nSPS) is 11.3. The molecule has 0 aliphatic heterocycles. The minimum atomic E-state index is 0.499. The topological polar surface area (TPSA) is 30.7 Å². The van der Waals surface area contributed by atoms with Crippen LogP contribution in [0.15, 0.2) is 12.4 Å². The fourth-order valence-corrected chi connectivity index (χ4v) is 2.51. The van der Waals surface area contributed by atoms with Crippen LogP contribution in [0.3, 0.4) is 0 Å². The van der Waals surface area contributed by atoms with Crippen molar-refractivity contribution in [3.05, 3.63) is 23.1 Å². The van der Waals surface area contributed by atoms with Gasteiger partial charge in [0, 0.05) is 24.7 Å². The molecule has 0 aliphatic rings. The van der Waals surface area contributed by atoms with Gasteiger partial charge < -0.3 is 0 Å². The van der Waals surface area contributed by atoms with Gasteiger partial charge in [0.2, 0.25) is 0 Å². The van der Waals surface area contributed by atoms with E-state index in [-0.39, 0.29) is 0 Å². The van der Waals surface area contributed by atoms with E-state index in [1.807, 2.05) is 24.1 Å². The van der Waals surface area contributed by atoms with Gasteiger partial charge in [-0.25, -0.2) is 4.98 Å². The molecule has 0 bridgehead atoms. The van der Waals surface area contributed by atoms with Gasteiger partial charge in [-0.15, -0.1) is 11.3 Å². The first-order valence-corrected chi connectivity index (χ1v) is 5.86. The lowest BCUT2D eigenvalue weighted by atomic mass is 10.2. The zero-order valence-electron chi connectivity index (χ0n) is 9.48. The largest absolute Gasteiger partial charge is 0.275 e. The molecule has 2 rings (SSSR count). The Balaban J connectivity index is 2.44. The van der Waals surface area contributed by atoms with Crippen molar-refractivity contribution in [1.82, 2.24) is 14.8 Å². The van der Waals surface area contributed by atoms with Gasteiger partial charge in [0.15, 0.2) is 0 Å². The van der Waals surface area contributed by atoms with Crippen LogP contribution < -0.4 is 0 Å². The number of rotatable bonds is 2. The average Bonchev–Trinajstić information content (AvgIpc) is 2.71. The Kier molecular flexibility index (Phi) is 2.61. The molecular weight excluding hydrogens is 206 g/mol. The smallest absolute Gasteiger partial charge is 0.0960 e. The van der Waals surface area contributed by atoms with E-state index in [4.69, 9.17) is 0 Å². The first-order valence-electron chi connectivity index (χ1n) is 5.04. The van der Waals surface area contributed by atoms with E-state index in [0.29, 0.717) is 5.92 Å². The monoisotopic (exact) mass is 221 g/mol. The maximum atomic E-state index is 4.58. The van der Waals surface area contributed by atoms with Crippen LogP contribution in [0.1, 0.15) is 30.5 Å². The van der Waals surface area contributed by atoms with Crippen LogP contribution in [0.25, 0.3) is 10.4 Å². The summed E-state index contributed by atoms with van der Waals surface area (Å²) in [6.45, 7) is 6.40. The molecule has 2 heterocycles. The summed E-state index contributed by atoms with van der Waals surface area (Å²) in [7, 11) is 1.93. The molecule has 0 unspecified atom stereocenters. The fourth-order valence-electron chi connectivity index (χ4n) is 1.47. The van der Waals surface area contributed by atoms with Crippen LogP contribution in [-0.2, 0) is 7.05 Å². The van der Waals surface area contributed by atoms with Gasteiger partial charge >= 0.3 is 0 Å². The summed E-state index contributed by atoms with van der Waals surface area (Å²) in [5.74, 6) is 0.499. The average molecular weight is 221 g/mol. The predicted molar refractivity (Wildman–Crippen MR) is 63.1 cm³/mol. The quantitative estimate of drug-likeness (QED) is 0.780. The summed E-state index contributed by atoms with van der Waals surface area (Å²) < 4.78 is 1.82. The number of aryl methyl sites for hydroxylation is 2. The van der Waals surface area contributed by atoms with Gasteiger partial charge in [0.05, 0.1) is 21.8 Å². The highest BCUT2D eigenvalue weighted by Crippen LogP contribution is 2.32. The lowest BCUT2D eigenvalue weighted by Crippen LogP contribution is -1.84. The Morgan fingerprint density at radius 2 is 2.13 bits per heavy atom. The van der Waals surface area contributed by atoms with Crippen molar-refractivity contribution in [2.45, 2.75) is 26.7 Å². The SMILES string of the molecule is Cc1nc(C(C)C)sc1-c1cnn(C)c1. The van der Waals surface area contributed by atoms with Crippen LogP contribution in [0.2, 0.25) is 0 Å². The molecule has 0 atom stereocenters. The zero-order valence-corrected chi connectivity index (χ0v) is 10.3. The van der Waals surface area contributed by atoms with E-state index in [2.05, 4.69) is 30.9 Å². The van der Waals surface area contributed by atoms with Crippen molar-refractivity contribution in [3.63, 3.8) is 0 Å². The lowest BCUT2D eigenvalue weighted by molar-refractivity contribution is 0.768. The molecule has 0 N–H and O–H groups in total. The minimum Gasteiger partial charge on any atom is -0.275 e. The van der Waals surface area contributed by atoms with Crippen molar-refractivity contribution < 1.29 is 0 Å². The molecule has 0 spiro atoms. The molecule has 0 saturated heterocycles. The molecule has 3 nitrogen and oxygen atoms in total. The Morgan fingerprint density at radius 1 is 1.40 bits per heavy atom. The first-order chi connectivity index (χ1) is 7.08. The summed E-state index contributed by atoms with van der Waals surface area (Å²) in [6, 6.07) is 0. The van der Waals surface area contributed by atoms with Crippen molar-refractivity contribution >= 4 is 11.3 Å². The van der Waals surface area contributed by atoms with Crippen LogP contribution in [-0.4, -0.2) is 14.8 Å². The summed E-state index contributed by atoms with van der Waals surface area (Å²) in [5, 5.41) is 5.38. The first kappa shape index (κ1) is 10.4. The van der Waals surface area contributed by atoms with E-state index in [1.165, 1.54) is 15.4 Å². The highest BCUT2D eigenvalue weighted by molar-refractivity contribution is 7.15. The predicted octanol–water partition coefficient (Wildman–Crippen LogP) is 2.98. The maximum Gasteiger partial charge on any atom is 0.0960 e. The van der Waals surface area contributed by atoms with Crippen LogP contribution in [0.5, 0.6) is 0 Å². The fraction of sp³-hybridized carbons (Fsp3) is 0.455. The highest BCUT2D eigenvalue weighted by atomic mass is 32.1. The summed E-state index contributed by atoms with van der Waals surface area (Å²) >= 11 is 1.77. The van der Waals surface area contributed by atoms with E-state index in [9.17, 15) is 0 Å². The molecule has 0 saturated carbocycles. The minimum absolute atomic E-state index is 0.499. The van der Waals surface area contributed by atoms with E-state index in [1.54, 1.807) is 11.3 Å². The molecule has 0 fully saturated rings. The number of aromatic nitrogens is 3. The van der Waals surface area contributed by atoms with Crippen molar-refractivity contribution in [2.75, 3.05) is 0 Å². The van der Waals surface area contributed by atoms with Crippen LogP contribution in [0, 0.1) is 6.92 Å². The molecule has 0 amide bonds. The molecule has 80 valence electrons. The van der Waals surface area contributed by atoms with Gasteiger partial charge in [-0.05, 0) is 6.92 Å². The van der Waals surface area contributed by atoms with Gasteiger partial charge in [-0.3, -0.25) is 4.68 Å². The van der Waals surface area contributed by atoms with E-state index >= 15 is 0 Å². The Labute approximate surface area is 93.8 Å². The summed E-state index contributed by atoms with van der Waals surface area (Å²) in [6.07, 6.45) is 3.93. The molecule has 2 aromatic heterocycles. The maximum absolute atomic E-state index is 4.58. The number of nitrogens with zero attached hydrogens (tertiary/aromatic N) is 3. The number of thiazole rings is 1. The lowest BCUT2D eigenvalue weighted by Gasteiger charge is -1.95. The standard InChI is InChI=1S/C11H15N3S/c1-7(2)11-13-8(3)10(15-11)9-5-12-14(4)6-9/h5-7H,1-4H3. The van der Waals surface area contributed by atoms with Crippen LogP contribution >= 0.6 is 11.3 Å². The molecule has 2 aromatic rings. The summed E-state index contributed by atoms with van der Waals surface area (Å²) in [4.78, 5) is 5.82. The number of hydrogen-bond acceptors (Lipinski definition) is 3. The zero-order chi connectivity index (χ0) is 11.0. The molecular formula is C11H15N3S. The van der Waals surface area contributed by atoms with Crippen molar-refractivity contribution in [3.8, 4) is 10.4 Å². The Morgan fingerprint density at radius 3 is 2.60 bits per heavy atom. The summed E-state index contributed by atoms with van der Waals surface area (Å²) in [5.41, 5.74) is 2.27. The highest BCUT2D eigenvalue weighted by Gasteiger charge is 2.12. The van der Waals surface area contributed by atoms with Gasteiger partial charge in [0.25, 0.3) is 0 Å². The van der Waals surface area contributed by atoms with Crippen LogP contribution in [0.4, 0.5) is 0 Å². The molecule has 0 aliphatic carbocycles.